The van der Waals surface area contributed by atoms with E-state index in [1.165, 1.54) is 25.8 Å². The van der Waals surface area contributed by atoms with E-state index in [0.717, 1.165) is 36.7 Å². The first kappa shape index (κ1) is 17.8. The second kappa shape index (κ2) is 7.97. The third kappa shape index (κ3) is 3.89. The van der Waals surface area contributed by atoms with Gasteiger partial charge in [-0.25, -0.2) is 0 Å². The van der Waals surface area contributed by atoms with E-state index in [1.807, 2.05) is 29.2 Å². The summed E-state index contributed by atoms with van der Waals surface area (Å²) in [5, 5.41) is 0. The lowest BCUT2D eigenvalue weighted by Crippen LogP contribution is -2.50. The van der Waals surface area contributed by atoms with Crippen molar-refractivity contribution in [1.29, 1.82) is 0 Å². The maximum Gasteiger partial charge on any atom is 0.228 e. The largest absolute Gasteiger partial charge is 0.497 e. The topological polar surface area (TPSA) is 42.0 Å². The molecule has 4 rings (SSSR count). The summed E-state index contributed by atoms with van der Waals surface area (Å²) in [5.74, 6) is 2.01. The summed E-state index contributed by atoms with van der Waals surface area (Å²) in [6, 6.07) is 7.99. The molecular formula is C21H30N2O3. The van der Waals surface area contributed by atoms with Crippen LogP contribution in [-0.2, 0) is 16.1 Å². The van der Waals surface area contributed by atoms with Gasteiger partial charge in [0.05, 0.1) is 25.7 Å². The molecule has 3 fully saturated rings. The molecule has 142 valence electrons. The fourth-order valence-corrected chi connectivity index (χ4v) is 4.41. The molecule has 3 aliphatic rings. The van der Waals surface area contributed by atoms with E-state index in [4.69, 9.17) is 9.47 Å². The molecule has 26 heavy (non-hydrogen) atoms. The highest BCUT2D eigenvalue weighted by Crippen LogP contribution is 2.31. The summed E-state index contributed by atoms with van der Waals surface area (Å²) in [7, 11) is 1.67. The summed E-state index contributed by atoms with van der Waals surface area (Å²) >= 11 is 0. The van der Waals surface area contributed by atoms with Gasteiger partial charge in [-0.2, -0.15) is 0 Å². The molecule has 2 aliphatic heterocycles. The Bertz CT molecular complexity index is 614. The van der Waals surface area contributed by atoms with Crippen molar-refractivity contribution < 1.29 is 14.3 Å². The Balaban J connectivity index is 1.37. The number of methoxy groups -OCH3 is 1. The van der Waals surface area contributed by atoms with Crippen molar-refractivity contribution in [3.05, 3.63) is 29.8 Å². The number of carbonyl (C=O) groups excluding carboxylic acids is 1. The van der Waals surface area contributed by atoms with E-state index in [9.17, 15) is 4.79 Å². The van der Waals surface area contributed by atoms with Crippen LogP contribution in [0.5, 0.6) is 5.75 Å². The maximum atomic E-state index is 13.1. The van der Waals surface area contributed by atoms with Crippen LogP contribution >= 0.6 is 0 Å². The lowest BCUT2D eigenvalue weighted by atomic mass is 9.84. The fourth-order valence-electron chi connectivity index (χ4n) is 4.41. The zero-order chi connectivity index (χ0) is 17.9. The van der Waals surface area contributed by atoms with E-state index >= 15 is 0 Å². The predicted molar refractivity (Wildman–Crippen MR) is 100 cm³/mol. The quantitative estimate of drug-likeness (QED) is 0.811. The van der Waals surface area contributed by atoms with Crippen LogP contribution < -0.4 is 4.74 Å². The smallest absolute Gasteiger partial charge is 0.228 e. The highest BCUT2D eigenvalue weighted by molar-refractivity contribution is 5.80. The first-order valence-electron chi connectivity index (χ1n) is 9.98. The van der Waals surface area contributed by atoms with Gasteiger partial charge < -0.3 is 19.3 Å². The van der Waals surface area contributed by atoms with Crippen LogP contribution in [0.4, 0.5) is 0 Å². The van der Waals surface area contributed by atoms with Crippen molar-refractivity contribution in [1.82, 2.24) is 9.80 Å². The van der Waals surface area contributed by atoms with E-state index in [1.54, 1.807) is 7.11 Å². The van der Waals surface area contributed by atoms with Gasteiger partial charge in [-0.05, 0) is 49.4 Å². The van der Waals surface area contributed by atoms with Crippen LogP contribution in [0.3, 0.4) is 0 Å². The van der Waals surface area contributed by atoms with Crippen LogP contribution in [-0.4, -0.2) is 61.7 Å². The summed E-state index contributed by atoms with van der Waals surface area (Å²) in [6.45, 7) is 5.12. The van der Waals surface area contributed by atoms with E-state index in [-0.39, 0.29) is 17.9 Å². The number of piperidine rings is 1. The van der Waals surface area contributed by atoms with Gasteiger partial charge >= 0.3 is 0 Å². The lowest BCUT2D eigenvalue weighted by Gasteiger charge is -2.40. The SMILES string of the molecule is COc1ccc(CN2CCO[C@H]3CN(CC4CCC4)CC[C@H]3C2=O)cc1. The minimum atomic E-state index is 0.0217. The van der Waals surface area contributed by atoms with Gasteiger partial charge in [0.25, 0.3) is 0 Å². The number of hydrogen-bond donors (Lipinski definition) is 0. The number of ether oxygens (including phenoxy) is 2. The van der Waals surface area contributed by atoms with Crippen molar-refractivity contribution in [2.24, 2.45) is 11.8 Å². The molecule has 0 unspecified atom stereocenters. The molecule has 0 radical (unpaired) electrons. The number of rotatable bonds is 5. The highest BCUT2D eigenvalue weighted by Gasteiger charge is 2.39. The molecular weight excluding hydrogens is 328 g/mol. The lowest BCUT2D eigenvalue weighted by molar-refractivity contribution is -0.139. The van der Waals surface area contributed by atoms with E-state index in [2.05, 4.69) is 4.90 Å². The summed E-state index contributed by atoms with van der Waals surface area (Å²) in [4.78, 5) is 17.6. The van der Waals surface area contributed by atoms with Gasteiger partial charge in [0.2, 0.25) is 5.91 Å². The molecule has 5 heteroatoms. The van der Waals surface area contributed by atoms with Gasteiger partial charge in [-0.1, -0.05) is 18.6 Å². The Morgan fingerprint density at radius 1 is 1.15 bits per heavy atom. The molecule has 0 aromatic heterocycles. The number of nitrogens with zero attached hydrogens (tertiary/aromatic N) is 2. The third-order valence-electron chi connectivity index (χ3n) is 6.24. The molecule has 0 N–H and O–H groups in total. The zero-order valence-electron chi connectivity index (χ0n) is 15.7. The molecule has 1 aromatic rings. The van der Waals surface area contributed by atoms with Gasteiger partial charge in [0.15, 0.2) is 0 Å². The van der Waals surface area contributed by atoms with Gasteiger partial charge in [0, 0.05) is 26.2 Å². The van der Waals surface area contributed by atoms with E-state index < -0.39 is 0 Å². The molecule has 5 nitrogen and oxygen atoms in total. The normalized spacial score (nSPS) is 27.6. The van der Waals surface area contributed by atoms with E-state index in [0.29, 0.717) is 19.7 Å². The minimum absolute atomic E-state index is 0.0217. The third-order valence-corrected chi connectivity index (χ3v) is 6.24. The Morgan fingerprint density at radius 3 is 2.65 bits per heavy atom. The monoisotopic (exact) mass is 358 g/mol. The van der Waals surface area contributed by atoms with Gasteiger partial charge in [-0.15, -0.1) is 0 Å². The van der Waals surface area contributed by atoms with Gasteiger partial charge in [0.1, 0.15) is 5.75 Å². The van der Waals surface area contributed by atoms with Crippen LogP contribution in [0.2, 0.25) is 0 Å². The van der Waals surface area contributed by atoms with Crippen molar-refractivity contribution in [2.45, 2.75) is 38.3 Å². The Morgan fingerprint density at radius 2 is 1.96 bits per heavy atom. The molecule has 2 atom stereocenters. The second-order valence-electron chi connectivity index (χ2n) is 7.97. The number of amides is 1. The Kier molecular flexibility index (Phi) is 5.46. The fraction of sp³-hybridized carbons (Fsp3) is 0.667. The second-order valence-corrected chi connectivity index (χ2v) is 7.97. The minimum Gasteiger partial charge on any atom is -0.497 e. The average Bonchev–Trinajstić information content (AvgIpc) is 2.78. The first-order valence-corrected chi connectivity index (χ1v) is 9.98. The molecule has 1 aliphatic carbocycles. The van der Waals surface area contributed by atoms with Crippen molar-refractivity contribution in [3.63, 3.8) is 0 Å². The van der Waals surface area contributed by atoms with Crippen LogP contribution in [0.1, 0.15) is 31.2 Å². The Labute approximate surface area is 156 Å². The van der Waals surface area contributed by atoms with Crippen molar-refractivity contribution >= 4 is 5.91 Å². The first-order chi connectivity index (χ1) is 12.7. The predicted octanol–water partition coefficient (Wildman–Crippen LogP) is 2.54. The Hall–Kier alpha value is -1.59. The van der Waals surface area contributed by atoms with Crippen LogP contribution in [0.25, 0.3) is 0 Å². The molecule has 0 spiro atoms. The van der Waals surface area contributed by atoms with Crippen molar-refractivity contribution in [2.75, 3.05) is 39.9 Å². The number of carbonyl (C=O) groups is 1. The molecule has 0 bridgehead atoms. The standard InChI is InChI=1S/C21H30N2O3/c1-25-18-7-5-17(6-8-18)14-23-11-12-26-20-15-22(13-16-3-2-4-16)10-9-19(20)21(23)24/h5-8,16,19-20H,2-4,9-15H2,1H3/t19-,20+/m1/s1. The van der Waals surface area contributed by atoms with Crippen molar-refractivity contribution in [3.8, 4) is 5.75 Å². The number of benzene rings is 1. The maximum absolute atomic E-state index is 13.1. The average molecular weight is 358 g/mol. The molecule has 2 saturated heterocycles. The number of likely N-dealkylation sites (tertiary alicyclic amines) is 1. The molecule has 1 amide bonds. The highest BCUT2D eigenvalue weighted by atomic mass is 16.5. The zero-order valence-corrected chi connectivity index (χ0v) is 15.7. The van der Waals surface area contributed by atoms with Crippen LogP contribution in [0.15, 0.2) is 24.3 Å². The molecule has 2 heterocycles. The number of hydrogen-bond acceptors (Lipinski definition) is 4. The van der Waals surface area contributed by atoms with Crippen LogP contribution in [0, 0.1) is 11.8 Å². The van der Waals surface area contributed by atoms with Gasteiger partial charge in [-0.3, -0.25) is 4.79 Å². The molecule has 1 aromatic carbocycles. The summed E-state index contributed by atoms with van der Waals surface area (Å²) in [6.07, 6.45) is 5.13. The number of fused-ring (bicyclic) bond motifs is 1. The summed E-state index contributed by atoms with van der Waals surface area (Å²) < 4.78 is 11.3. The summed E-state index contributed by atoms with van der Waals surface area (Å²) in [5.41, 5.74) is 1.14. The molecule has 1 saturated carbocycles.